The molecule has 108 heavy (non-hydrogen) atoms. The first-order chi connectivity index (χ1) is 51.6. The van der Waals surface area contributed by atoms with Crippen molar-refractivity contribution in [2.45, 2.75) is 175 Å². The molecule has 6 aliphatic rings. The fourth-order valence-corrected chi connectivity index (χ4v) is 12.5. The molecular formula is C71H103B2F3N19O12S-. The predicted octanol–water partition coefficient (Wildman–Crippen LogP) is 6.48. The van der Waals surface area contributed by atoms with Crippen molar-refractivity contribution in [1.82, 2.24) is 55.6 Å². The van der Waals surface area contributed by atoms with Gasteiger partial charge in [0.15, 0.2) is 0 Å². The molecule has 31 nitrogen and oxygen atoms in total. The molecule has 3 heterocycles. The van der Waals surface area contributed by atoms with Crippen LogP contribution in [0.5, 0.6) is 5.75 Å². The van der Waals surface area contributed by atoms with E-state index < -0.39 is 40.9 Å². The molecule has 11 rings (SSSR count). The number of alkyl carbamates (subject to hydrolysis) is 2. The largest absolute Gasteiger partial charge is 1.00 e. The number of amides is 2. The van der Waals surface area contributed by atoms with Crippen LogP contribution in [-0.2, 0) is 67.8 Å². The zero-order valence-electron chi connectivity index (χ0n) is 62.4. The maximum absolute atomic E-state index is 12.2. The summed E-state index contributed by atoms with van der Waals surface area (Å²) in [7, 11) is -3.66. The van der Waals surface area contributed by atoms with E-state index in [4.69, 9.17) is 36.9 Å². The van der Waals surface area contributed by atoms with Crippen LogP contribution in [0.2, 0.25) is 13.6 Å². The van der Waals surface area contributed by atoms with Gasteiger partial charge in [-0.15, -0.1) is 57.2 Å². The normalized spacial score (nSPS) is 19.2. The number of carbonyl (C=O) groups is 3. The number of aliphatic hydroxyl groups excluding tert-OH is 1. The molecule has 2 aromatic carbocycles. The van der Waals surface area contributed by atoms with E-state index in [2.05, 4.69) is 128 Å². The number of non-ortho nitro benzene ring substituents is 1. The Hall–Kier alpha value is -9.71. The van der Waals surface area contributed by atoms with Crippen molar-refractivity contribution in [1.29, 1.82) is 5.31 Å². The van der Waals surface area contributed by atoms with Gasteiger partial charge in [0, 0.05) is 94.9 Å². The molecule has 37 heteroatoms. The zero-order chi connectivity index (χ0) is 78.8. The molecule has 10 N–H and O–H groups in total. The van der Waals surface area contributed by atoms with Crippen LogP contribution in [0.25, 0.3) is 10.4 Å². The van der Waals surface area contributed by atoms with Crippen LogP contribution in [0.15, 0.2) is 77.1 Å². The molecule has 588 valence electrons. The van der Waals surface area contributed by atoms with E-state index in [1.165, 1.54) is 74.7 Å². The average molecular weight is 1520 g/mol. The van der Waals surface area contributed by atoms with Gasteiger partial charge in [0.2, 0.25) is 0 Å². The van der Waals surface area contributed by atoms with E-state index in [1.54, 1.807) is 29.8 Å². The molecule has 6 atom stereocenters. The van der Waals surface area contributed by atoms with Crippen LogP contribution in [-0.4, -0.2) is 142 Å². The van der Waals surface area contributed by atoms with Crippen molar-refractivity contribution in [2.24, 2.45) is 75.5 Å². The Kier molecular flexibility index (Phi) is 47.9. The SMILES string of the molecule is C#CCN.CB(N)[18F].CB=N.CC(=O)Oc1ccc([N+](=O)[O-])cc1.CCCn1cc(CN)nn1.CCCn1cc(CNC(=O)OCC2C3CCC#CCCC32)nn1.Cc1ccc(S(=O)(=O)OCCN=[N+]=[N-])cc1.O=C(NCc1cn(CC[18F])nn1)OCC1C2CCC#CCCC21.OCC1C2CCC#CCCC12.[18F-]. The van der Waals surface area contributed by atoms with Crippen molar-refractivity contribution >= 4 is 48.2 Å². The molecule has 0 aliphatic heterocycles. The number of aromatic nitrogens is 9. The summed E-state index contributed by atoms with van der Waals surface area (Å²) in [6, 6.07) is 11.6. The Morgan fingerprint density at radius 1 is 0.769 bits per heavy atom. The van der Waals surface area contributed by atoms with Crippen LogP contribution >= 0.6 is 0 Å². The third-order valence-corrected chi connectivity index (χ3v) is 18.1. The third-order valence-electron chi connectivity index (χ3n) is 16.8. The second-order valence-corrected chi connectivity index (χ2v) is 26.5. The summed E-state index contributed by atoms with van der Waals surface area (Å²) in [5.41, 5.74) is 25.7. The van der Waals surface area contributed by atoms with Crippen LogP contribution in [0.4, 0.5) is 24.0 Å². The monoisotopic (exact) mass is 1520 g/mol. The number of terminal acetylenes is 1. The summed E-state index contributed by atoms with van der Waals surface area (Å²) in [5.74, 6) is 27.1. The molecule has 5 aromatic rings. The minimum Gasteiger partial charge on any atom is -1.00 e. The number of nitrogens with zero attached hydrogens (tertiary/aromatic N) is 13. The standard InChI is InChI=1S/C17H24N4O2.C16H21FN4O2.C10H14O.C9H11N3O3S.C8H7NO4.C6H12N4.C3H5N.CH5BFN.CH4BN.FH/c1-2-9-21-11-13(19-20-21)10-18-17(22)23-12-16-14-7-5-3-4-6-8-15(14)16;17-7-8-21-10-12(19-20-21)9-18-16(22)23-11-15-13-5-3-1-2-4-6-14(13)15;11-7-10-8-5-3-1-2-4-6-9(8)10;1-8-2-4-9(5-3-8)16(13,14)15-7-6-11-12-10;1-6(10)13-8-4-2-7(3-5-8)9(11)12;1-2-3-10-5-6(4-7)8-9-10;1-2-3-4;1-2(3)4;1-2-3;/h11,14-16H,2,5-10,12H2,1H3,(H,18,22);10,13-15H,3-9,11H2,(H,18,22);8-11H,3-7H2;2-5H,6-7H2,1H3;2-5H,1H3;5H,2-4,7H2,1H3;1H,3-4H2;4H2,1H3;3H,1H3;1H/p-1/i;17-1;;;;;;3-1;;1-1. The topological polar surface area (TPSA) is 452 Å². The quantitative estimate of drug-likeness (QED) is 0.00314. The van der Waals surface area contributed by atoms with Gasteiger partial charge in [0.05, 0.1) is 80.5 Å². The summed E-state index contributed by atoms with van der Waals surface area (Å²) in [6.45, 7) is 14.3. The second kappa shape index (κ2) is 54.8. The molecule has 0 saturated heterocycles. The number of fused-ring (bicyclic) bond motifs is 3. The Morgan fingerprint density at radius 2 is 1.15 bits per heavy atom. The molecule has 2 amide bonds. The van der Waals surface area contributed by atoms with Gasteiger partial charge in [-0.25, -0.2) is 18.7 Å². The van der Waals surface area contributed by atoms with Crippen molar-refractivity contribution in [3.8, 4) is 53.6 Å². The fourth-order valence-electron chi connectivity index (χ4n) is 11.6. The number of nitrogens with one attached hydrogen (secondary N) is 3. The van der Waals surface area contributed by atoms with Gasteiger partial charge in [0.1, 0.15) is 23.8 Å². The summed E-state index contributed by atoms with van der Waals surface area (Å²) in [6.07, 6.45) is 24.2. The summed E-state index contributed by atoms with van der Waals surface area (Å²) in [4.78, 5) is 46.3. The second-order valence-electron chi connectivity index (χ2n) is 24.9. The number of alkyl halides is 1. The van der Waals surface area contributed by atoms with Crippen LogP contribution in [0, 0.1) is 123 Å². The Labute approximate surface area is 631 Å². The van der Waals surface area contributed by atoms with E-state index in [0.29, 0.717) is 92.3 Å². The van der Waals surface area contributed by atoms with Crippen molar-refractivity contribution in [2.75, 3.05) is 46.2 Å². The Bertz CT molecular complexity index is 3710. The minimum absolute atomic E-state index is 0. The van der Waals surface area contributed by atoms with E-state index in [1.807, 2.05) is 24.0 Å². The number of benzene rings is 2. The number of aryl methyl sites for hydroxylation is 4. The number of nitro benzene ring substituents is 1. The molecule has 3 saturated carbocycles. The maximum Gasteiger partial charge on any atom is 0.407 e. The van der Waals surface area contributed by atoms with Gasteiger partial charge in [-0.05, 0) is 148 Å². The first-order valence-corrected chi connectivity index (χ1v) is 37.1. The number of azide groups is 1. The molecule has 0 bridgehead atoms. The molecule has 3 aromatic heterocycles. The number of halogens is 3. The zero-order valence-corrected chi connectivity index (χ0v) is 63.2. The number of carbonyl (C=O) groups excluding carboxylic acids is 3. The number of aliphatic hydroxyl groups is 1. The van der Waals surface area contributed by atoms with Crippen molar-refractivity contribution in [3.63, 3.8) is 0 Å². The summed E-state index contributed by atoms with van der Waals surface area (Å²) in [5, 5.41) is 57.2. The third kappa shape index (κ3) is 39.2. The van der Waals surface area contributed by atoms with Crippen LogP contribution < -0.4 is 37.2 Å². The van der Waals surface area contributed by atoms with E-state index >= 15 is 0 Å². The average Bonchev–Trinajstić information content (AvgIpc) is 1.64. The van der Waals surface area contributed by atoms with Crippen LogP contribution in [0.1, 0.15) is 133 Å². The van der Waals surface area contributed by atoms with Gasteiger partial charge in [-0.3, -0.25) is 28.5 Å². The van der Waals surface area contributed by atoms with Crippen molar-refractivity contribution in [3.05, 3.63) is 110 Å². The predicted molar refractivity (Wildman–Crippen MR) is 400 cm³/mol. The molecule has 6 aliphatic carbocycles. The first-order valence-electron chi connectivity index (χ1n) is 35.7. The van der Waals surface area contributed by atoms with Gasteiger partial charge < -0.3 is 56.1 Å². The fraction of sp³-hybridized carbons (Fsp3) is 0.592. The molecule has 6 unspecified atom stereocenters. The Balaban J connectivity index is 0.000000437. The Morgan fingerprint density at radius 3 is 1.48 bits per heavy atom. The minimum atomic E-state index is -3.74. The van der Waals surface area contributed by atoms with E-state index in [0.717, 1.165) is 119 Å². The smallest absolute Gasteiger partial charge is 0.407 e. The van der Waals surface area contributed by atoms with Gasteiger partial charge >= 0.3 is 44.5 Å². The van der Waals surface area contributed by atoms with Crippen LogP contribution in [0.3, 0.4) is 0 Å². The summed E-state index contributed by atoms with van der Waals surface area (Å²) < 4.78 is 71.1. The molecular weight excluding hydrogens is 1420 g/mol. The number of ether oxygens (including phenoxy) is 3. The van der Waals surface area contributed by atoms with E-state index in [9.17, 15) is 41.6 Å². The van der Waals surface area contributed by atoms with Gasteiger partial charge in [-0.2, -0.15) is 8.42 Å². The molecule has 3 fully saturated rings. The number of hydrogen-bond acceptors (Lipinski definition) is 23. The maximum atomic E-state index is 12.2. The molecule has 0 radical (unpaired) electrons. The number of esters is 1. The van der Waals surface area contributed by atoms with Gasteiger partial charge in [-0.1, -0.05) is 58.2 Å². The van der Waals surface area contributed by atoms with E-state index in [-0.39, 0.29) is 47.6 Å². The number of rotatable bonds is 23. The number of nitro groups is 1. The number of hydrogen-bond donors (Lipinski definition) is 7. The molecule has 0 spiro atoms. The summed E-state index contributed by atoms with van der Waals surface area (Å²) >= 11 is 0. The first kappa shape index (κ1) is 94.4. The number of nitrogens with two attached hydrogens (primary N) is 3. The van der Waals surface area contributed by atoms with Gasteiger partial charge in [0.25, 0.3) is 15.8 Å². The van der Waals surface area contributed by atoms with Crippen molar-refractivity contribution < 1.29 is 64.6 Å².